The molecule has 0 aromatic carbocycles. The minimum Gasteiger partial charge on any atom is -0.304 e. The number of rotatable bonds is 7. The van der Waals surface area contributed by atoms with Gasteiger partial charge in [0.05, 0.1) is 17.4 Å². The molecule has 4 nitrogen and oxygen atoms in total. The lowest BCUT2D eigenvalue weighted by atomic mass is 10.1. The maximum absolute atomic E-state index is 4.54. The summed E-state index contributed by atoms with van der Waals surface area (Å²) in [6, 6.07) is 6.11. The van der Waals surface area contributed by atoms with Crippen molar-refractivity contribution in [3.8, 4) is 0 Å². The molecule has 0 aliphatic rings. The highest BCUT2D eigenvalue weighted by Gasteiger charge is 2.20. The summed E-state index contributed by atoms with van der Waals surface area (Å²) in [7, 11) is 0. The van der Waals surface area contributed by atoms with Crippen LogP contribution in [-0.2, 0) is 6.54 Å². The lowest BCUT2D eigenvalue weighted by Gasteiger charge is -2.20. The van der Waals surface area contributed by atoms with Crippen LogP contribution in [0.2, 0.25) is 0 Å². The van der Waals surface area contributed by atoms with Crippen molar-refractivity contribution in [3.63, 3.8) is 0 Å². The molecule has 5 heteroatoms. The smallest absolute Gasteiger partial charge is 0.0933 e. The second-order valence-corrected chi connectivity index (χ2v) is 5.59. The van der Waals surface area contributed by atoms with Gasteiger partial charge in [0.15, 0.2) is 0 Å². The molecule has 0 saturated carbocycles. The molecule has 0 fully saturated rings. The summed E-state index contributed by atoms with van der Waals surface area (Å²) in [4.78, 5) is 4.54. The minimum absolute atomic E-state index is 0.0691. The summed E-state index contributed by atoms with van der Waals surface area (Å²) < 4.78 is 3.09. The summed E-state index contributed by atoms with van der Waals surface area (Å²) in [6.45, 7) is 6.21. The van der Waals surface area contributed by atoms with Crippen molar-refractivity contribution >= 4 is 15.9 Å². The molecule has 0 aliphatic heterocycles. The SMILES string of the molecule is CCCNC(c1ncccc1Br)c1ccnn1CCC. The normalized spacial score (nSPS) is 12.6. The van der Waals surface area contributed by atoms with Crippen LogP contribution in [0.25, 0.3) is 0 Å². The number of hydrogen-bond donors (Lipinski definition) is 1. The Morgan fingerprint density at radius 2 is 2.10 bits per heavy atom. The second-order valence-electron chi connectivity index (χ2n) is 4.74. The van der Waals surface area contributed by atoms with Crippen molar-refractivity contribution in [3.05, 3.63) is 46.5 Å². The molecule has 1 N–H and O–H groups in total. The van der Waals surface area contributed by atoms with E-state index in [2.05, 4.69) is 55.9 Å². The Labute approximate surface area is 128 Å². The molecule has 0 spiro atoms. The Balaban J connectivity index is 2.37. The van der Waals surface area contributed by atoms with Crippen LogP contribution in [0.5, 0.6) is 0 Å². The topological polar surface area (TPSA) is 42.7 Å². The van der Waals surface area contributed by atoms with Gasteiger partial charge in [-0.05, 0) is 53.5 Å². The first-order valence-corrected chi connectivity index (χ1v) is 7.92. The molecule has 20 heavy (non-hydrogen) atoms. The van der Waals surface area contributed by atoms with Crippen LogP contribution in [0.1, 0.15) is 44.1 Å². The molecule has 2 aromatic heterocycles. The quantitative estimate of drug-likeness (QED) is 0.840. The summed E-state index contributed by atoms with van der Waals surface area (Å²) in [5, 5.41) is 8.00. The van der Waals surface area contributed by atoms with Crippen molar-refractivity contribution in [2.75, 3.05) is 6.54 Å². The van der Waals surface area contributed by atoms with E-state index >= 15 is 0 Å². The first-order valence-electron chi connectivity index (χ1n) is 7.13. The highest BCUT2D eigenvalue weighted by atomic mass is 79.9. The maximum Gasteiger partial charge on any atom is 0.0933 e. The molecular weight excluding hydrogens is 316 g/mol. The fraction of sp³-hybridized carbons (Fsp3) is 0.467. The van der Waals surface area contributed by atoms with Gasteiger partial charge < -0.3 is 5.32 Å². The average Bonchev–Trinajstić information content (AvgIpc) is 2.90. The zero-order chi connectivity index (χ0) is 14.4. The van der Waals surface area contributed by atoms with E-state index < -0.39 is 0 Å². The molecule has 0 radical (unpaired) electrons. The van der Waals surface area contributed by atoms with Crippen molar-refractivity contribution < 1.29 is 0 Å². The van der Waals surface area contributed by atoms with E-state index in [1.165, 1.54) is 5.69 Å². The van der Waals surface area contributed by atoms with Gasteiger partial charge in [0, 0.05) is 23.4 Å². The molecule has 2 heterocycles. The van der Waals surface area contributed by atoms with Gasteiger partial charge in [-0.1, -0.05) is 13.8 Å². The minimum atomic E-state index is 0.0691. The number of pyridine rings is 1. The fourth-order valence-electron chi connectivity index (χ4n) is 2.23. The number of halogens is 1. The van der Waals surface area contributed by atoms with Gasteiger partial charge in [-0.15, -0.1) is 0 Å². The molecule has 0 saturated heterocycles. The van der Waals surface area contributed by atoms with Crippen LogP contribution in [0.3, 0.4) is 0 Å². The van der Waals surface area contributed by atoms with Crippen molar-refractivity contribution in [1.29, 1.82) is 0 Å². The predicted octanol–water partition coefficient (Wildman–Crippen LogP) is 3.54. The summed E-state index contributed by atoms with van der Waals surface area (Å²) in [5.41, 5.74) is 2.18. The number of nitrogens with one attached hydrogen (secondary N) is 1. The van der Waals surface area contributed by atoms with E-state index in [0.29, 0.717) is 0 Å². The third-order valence-electron chi connectivity index (χ3n) is 3.14. The van der Waals surface area contributed by atoms with E-state index in [1.807, 2.05) is 24.5 Å². The highest BCUT2D eigenvalue weighted by molar-refractivity contribution is 9.10. The molecule has 108 valence electrons. The number of aromatic nitrogens is 3. The zero-order valence-electron chi connectivity index (χ0n) is 12.0. The van der Waals surface area contributed by atoms with Crippen LogP contribution in [0, 0.1) is 0 Å². The molecule has 0 bridgehead atoms. The molecule has 1 atom stereocenters. The Hall–Kier alpha value is -1.20. The maximum atomic E-state index is 4.54. The van der Waals surface area contributed by atoms with Crippen molar-refractivity contribution in [2.24, 2.45) is 0 Å². The molecule has 1 unspecified atom stereocenters. The van der Waals surface area contributed by atoms with Gasteiger partial charge >= 0.3 is 0 Å². The molecule has 2 rings (SSSR count). The average molecular weight is 337 g/mol. The second kappa shape index (κ2) is 7.55. The molecular formula is C15H21BrN4. The third kappa shape index (κ3) is 3.46. The van der Waals surface area contributed by atoms with E-state index in [-0.39, 0.29) is 6.04 Å². The van der Waals surface area contributed by atoms with Gasteiger partial charge in [-0.25, -0.2) is 0 Å². The van der Waals surface area contributed by atoms with Crippen molar-refractivity contribution in [1.82, 2.24) is 20.1 Å². The third-order valence-corrected chi connectivity index (χ3v) is 3.81. The van der Waals surface area contributed by atoms with E-state index in [1.54, 1.807) is 0 Å². The van der Waals surface area contributed by atoms with E-state index in [0.717, 1.165) is 36.1 Å². The van der Waals surface area contributed by atoms with Gasteiger partial charge in [-0.3, -0.25) is 9.67 Å². The van der Waals surface area contributed by atoms with Gasteiger partial charge in [-0.2, -0.15) is 5.10 Å². The van der Waals surface area contributed by atoms with Crippen LogP contribution < -0.4 is 5.32 Å². The summed E-state index contributed by atoms with van der Waals surface area (Å²) >= 11 is 3.61. The Bertz CT molecular complexity index is 538. The van der Waals surface area contributed by atoms with Crippen LogP contribution >= 0.6 is 15.9 Å². The van der Waals surface area contributed by atoms with Crippen LogP contribution in [0.15, 0.2) is 35.1 Å². The van der Waals surface area contributed by atoms with Crippen LogP contribution in [-0.4, -0.2) is 21.3 Å². The summed E-state index contributed by atoms with van der Waals surface area (Å²) in [5.74, 6) is 0. The number of aryl methyl sites for hydroxylation is 1. The largest absolute Gasteiger partial charge is 0.304 e. The molecule has 2 aromatic rings. The van der Waals surface area contributed by atoms with Crippen LogP contribution in [0.4, 0.5) is 0 Å². The van der Waals surface area contributed by atoms with Crippen molar-refractivity contribution in [2.45, 2.75) is 39.3 Å². The van der Waals surface area contributed by atoms with E-state index in [4.69, 9.17) is 0 Å². The Kier molecular flexibility index (Phi) is 5.73. The van der Waals surface area contributed by atoms with E-state index in [9.17, 15) is 0 Å². The zero-order valence-corrected chi connectivity index (χ0v) is 13.6. The highest BCUT2D eigenvalue weighted by Crippen LogP contribution is 2.26. The molecule has 0 amide bonds. The van der Waals surface area contributed by atoms with Gasteiger partial charge in [0.25, 0.3) is 0 Å². The lowest BCUT2D eigenvalue weighted by molar-refractivity contribution is 0.504. The monoisotopic (exact) mass is 336 g/mol. The number of hydrogen-bond acceptors (Lipinski definition) is 3. The lowest BCUT2D eigenvalue weighted by Crippen LogP contribution is -2.27. The standard InChI is InChI=1S/C15H21BrN4/c1-3-8-17-15(14-12(16)6-5-9-18-14)13-7-10-19-20(13)11-4-2/h5-7,9-10,15,17H,3-4,8,11H2,1-2H3. The fourth-order valence-corrected chi connectivity index (χ4v) is 2.71. The first-order chi connectivity index (χ1) is 9.77. The number of nitrogens with zero attached hydrogens (tertiary/aromatic N) is 3. The van der Waals surface area contributed by atoms with Gasteiger partial charge in [0.1, 0.15) is 0 Å². The first kappa shape index (κ1) is 15.2. The Morgan fingerprint density at radius 1 is 1.25 bits per heavy atom. The van der Waals surface area contributed by atoms with Gasteiger partial charge in [0.2, 0.25) is 0 Å². The predicted molar refractivity (Wildman–Crippen MR) is 84.6 cm³/mol. The summed E-state index contributed by atoms with van der Waals surface area (Å²) in [6.07, 6.45) is 5.85. The Morgan fingerprint density at radius 3 is 2.80 bits per heavy atom. The molecule has 0 aliphatic carbocycles.